The average Bonchev–Trinajstić information content (AvgIpc) is 2.55. The van der Waals surface area contributed by atoms with Crippen molar-refractivity contribution in [2.45, 2.75) is 32.0 Å². The van der Waals surface area contributed by atoms with Crippen LogP contribution in [0.3, 0.4) is 0 Å². The van der Waals surface area contributed by atoms with Crippen LogP contribution in [0.2, 0.25) is 0 Å². The van der Waals surface area contributed by atoms with Crippen LogP contribution < -0.4 is 0 Å². The van der Waals surface area contributed by atoms with Gasteiger partial charge in [0.25, 0.3) is 0 Å². The molecule has 7 heteroatoms. The number of rotatable bonds is 5. The predicted octanol–water partition coefficient (Wildman–Crippen LogP) is 3.65. The minimum absolute atomic E-state index is 0.0101. The summed E-state index contributed by atoms with van der Waals surface area (Å²) in [6.45, 7) is 1.89. The lowest BCUT2D eigenvalue weighted by molar-refractivity contribution is -0.139. The van der Waals surface area contributed by atoms with Crippen LogP contribution in [0.5, 0.6) is 0 Å². The third-order valence-corrected chi connectivity index (χ3v) is 3.72. The highest BCUT2D eigenvalue weighted by Gasteiger charge is 2.34. The molecule has 128 valence electrons. The normalized spacial score (nSPS) is 12.7. The van der Waals surface area contributed by atoms with Gasteiger partial charge < -0.3 is 4.90 Å². The highest BCUT2D eigenvalue weighted by molar-refractivity contribution is 5.76. The summed E-state index contributed by atoms with van der Waals surface area (Å²) < 4.78 is 39.2. The molecule has 2 rings (SSSR count). The summed E-state index contributed by atoms with van der Waals surface area (Å²) in [4.78, 5) is 21.7. The third kappa shape index (κ3) is 4.53. The fourth-order valence-electron chi connectivity index (χ4n) is 2.46. The van der Waals surface area contributed by atoms with Crippen molar-refractivity contribution in [3.63, 3.8) is 0 Å². The summed E-state index contributed by atoms with van der Waals surface area (Å²) in [7, 11) is 1.60. The van der Waals surface area contributed by atoms with E-state index >= 15 is 0 Å². The molecular weight excluding hydrogens is 319 g/mol. The van der Waals surface area contributed by atoms with Gasteiger partial charge in [-0.05, 0) is 17.5 Å². The molecule has 0 N–H and O–H groups in total. The number of alkyl halides is 3. The first-order chi connectivity index (χ1) is 11.3. The van der Waals surface area contributed by atoms with E-state index in [0.29, 0.717) is 5.69 Å². The zero-order valence-corrected chi connectivity index (χ0v) is 13.4. The molecule has 0 radical (unpaired) electrons. The van der Waals surface area contributed by atoms with Gasteiger partial charge in [0.2, 0.25) is 5.91 Å². The summed E-state index contributed by atoms with van der Waals surface area (Å²) in [6.07, 6.45) is 0.159. The monoisotopic (exact) mass is 337 g/mol. The molecule has 1 aromatic carbocycles. The number of amides is 1. The number of nitrogens with zero attached hydrogens (tertiary/aromatic N) is 3. The van der Waals surface area contributed by atoms with E-state index in [9.17, 15) is 18.0 Å². The Morgan fingerprint density at radius 3 is 2.58 bits per heavy atom. The maximum absolute atomic E-state index is 13.1. The van der Waals surface area contributed by atoms with Crippen LogP contribution in [0.4, 0.5) is 13.2 Å². The highest BCUT2D eigenvalue weighted by atomic mass is 19.4. The molecular formula is C17H18F3N3O. The Morgan fingerprint density at radius 2 is 1.96 bits per heavy atom. The van der Waals surface area contributed by atoms with Crippen molar-refractivity contribution in [3.05, 3.63) is 59.7 Å². The van der Waals surface area contributed by atoms with Gasteiger partial charge in [-0.3, -0.25) is 14.8 Å². The number of carbonyl (C=O) groups is 1. The molecule has 0 saturated heterocycles. The second-order valence-corrected chi connectivity index (χ2v) is 5.64. The lowest BCUT2D eigenvalue weighted by atomic mass is 9.92. The van der Waals surface area contributed by atoms with E-state index < -0.39 is 17.7 Å². The molecule has 0 aliphatic heterocycles. The van der Waals surface area contributed by atoms with Crippen molar-refractivity contribution in [3.8, 4) is 0 Å². The van der Waals surface area contributed by atoms with Gasteiger partial charge in [-0.15, -0.1) is 0 Å². The molecule has 0 bridgehead atoms. The molecule has 4 nitrogen and oxygen atoms in total. The van der Waals surface area contributed by atoms with Gasteiger partial charge in [-0.1, -0.05) is 25.1 Å². The summed E-state index contributed by atoms with van der Waals surface area (Å²) in [5.41, 5.74) is 0.0600. The van der Waals surface area contributed by atoms with Gasteiger partial charge in [0, 0.05) is 25.9 Å². The number of carbonyl (C=O) groups excluding carboxylic acids is 1. The van der Waals surface area contributed by atoms with Crippen LogP contribution in [0, 0.1) is 0 Å². The van der Waals surface area contributed by atoms with E-state index in [1.807, 2.05) is 0 Å². The Labute approximate surface area is 138 Å². The molecule has 0 aliphatic carbocycles. The van der Waals surface area contributed by atoms with Crippen molar-refractivity contribution in [1.82, 2.24) is 14.9 Å². The molecule has 1 atom stereocenters. The standard InChI is InChI=1S/C17H18F3N3O/c1-12(14-5-3-4-6-15(14)17(18,19)20)9-16(24)23(2)11-13-10-21-7-8-22-13/h3-8,10,12H,9,11H2,1-2H3/t12-/m0/s1. The molecule has 24 heavy (non-hydrogen) atoms. The Hall–Kier alpha value is -2.44. The molecule has 1 amide bonds. The number of hydrogen-bond acceptors (Lipinski definition) is 3. The van der Waals surface area contributed by atoms with Gasteiger partial charge in [0.05, 0.1) is 24.0 Å². The van der Waals surface area contributed by atoms with Gasteiger partial charge in [-0.25, -0.2) is 0 Å². The number of halogens is 3. The first-order valence-electron chi connectivity index (χ1n) is 7.44. The van der Waals surface area contributed by atoms with Crippen LogP contribution in [-0.2, 0) is 17.5 Å². The van der Waals surface area contributed by atoms with E-state index in [2.05, 4.69) is 9.97 Å². The highest BCUT2D eigenvalue weighted by Crippen LogP contribution is 2.36. The first kappa shape index (κ1) is 17.9. The summed E-state index contributed by atoms with van der Waals surface area (Å²) in [5, 5.41) is 0. The zero-order chi connectivity index (χ0) is 17.7. The quantitative estimate of drug-likeness (QED) is 0.837. The van der Waals surface area contributed by atoms with E-state index in [-0.39, 0.29) is 24.4 Å². The van der Waals surface area contributed by atoms with Crippen molar-refractivity contribution in [1.29, 1.82) is 0 Å². The Balaban J connectivity index is 2.07. The SMILES string of the molecule is C[C@@H](CC(=O)N(C)Cc1cnccn1)c1ccccc1C(F)(F)F. The van der Waals surface area contributed by atoms with E-state index in [0.717, 1.165) is 6.07 Å². The van der Waals surface area contributed by atoms with Gasteiger partial charge in [0.15, 0.2) is 0 Å². The Bertz CT molecular complexity index is 689. The minimum Gasteiger partial charge on any atom is -0.340 e. The first-order valence-corrected chi connectivity index (χ1v) is 7.44. The third-order valence-electron chi connectivity index (χ3n) is 3.72. The fraction of sp³-hybridized carbons (Fsp3) is 0.353. The van der Waals surface area contributed by atoms with Crippen molar-refractivity contribution >= 4 is 5.91 Å². The molecule has 2 aromatic rings. The molecule has 1 aromatic heterocycles. The van der Waals surface area contributed by atoms with E-state index in [1.165, 1.54) is 29.4 Å². The van der Waals surface area contributed by atoms with E-state index in [1.54, 1.807) is 26.2 Å². The van der Waals surface area contributed by atoms with Crippen molar-refractivity contribution in [2.24, 2.45) is 0 Å². The average molecular weight is 337 g/mol. The Kier molecular flexibility index (Phi) is 5.54. The topological polar surface area (TPSA) is 46.1 Å². The smallest absolute Gasteiger partial charge is 0.340 e. The van der Waals surface area contributed by atoms with Gasteiger partial charge in [0.1, 0.15) is 0 Å². The van der Waals surface area contributed by atoms with Crippen LogP contribution in [0.15, 0.2) is 42.9 Å². The molecule has 0 aliphatic rings. The number of benzene rings is 1. The van der Waals surface area contributed by atoms with E-state index in [4.69, 9.17) is 0 Å². The second-order valence-electron chi connectivity index (χ2n) is 5.64. The summed E-state index contributed by atoms with van der Waals surface area (Å²) >= 11 is 0. The lowest BCUT2D eigenvalue weighted by Gasteiger charge is -2.21. The van der Waals surface area contributed by atoms with Crippen LogP contribution in [0.25, 0.3) is 0 Å². The van der Waals surface area contributed by atoms with Crippen molar-refractivity contribution < 1.29 is 18.0 Å². The maximum Gasteiger partial charge on any atom is 0.416 e. The van der Waals surface area contributed by atoms with Crippen molar-refractivity contribution in [2.75, 3.05) is 7.05 Å². The summed E-state index contributed by atoms with van der Waals surface area (Å²) in [5.74, 6) is -0.787. The maximum atomic E-state index is 13.1. The minimum atomic E-state index is -4.43. The number of hydrogen-bond donors (Lipinski definition) is 0. The molecule has 0 fully saturated rings. The molecule has 1 heterocycles. The lowest BCUT2D eigenvalue weighted by Crippen LogP contribution is -2.28. The van der Waals surface area contributed by atoms with Gasteiger partial charge >= 0.3 is 6.18 Å². The van der Waals surface area contributed by atoms with Gasteiger partial charge in [-0.2, -0.15) is 13.2 Å². The number of aromatic nitrogens is 2. The zero-order valence-electron chi connectivity index (χ0n) is 13.4. The van der Waals surface area contributed by atoms with Crippen LogP contribution in [-0.4, -0.2) is 27.8 Å². The molecule has 0 unspecified atom stereocenters. The second kappa shape index (κ2) is 7.42. The fourth-order valence-corrected chi connectivity index (χ4v) is 2.46. The Morgan fingerprint density at radius 1 is 1.25 bits per heavy atom. The largest absolute Gasteiger partial charge is 0.416 e. The molecule has 0 spiro atoms. The molecule has 0 saturated carbocycles. The van der Waals surface area contributed by atoms with Crippen LogP contribution in [0.1, 0.15) is 36.1 Å². The summed E-state index contributed by atoms with van der Waals surface area (Å²) in [6, 6.07) is 5.36. The van der Waals surface area contributed by atoms with Crippen LogP contribution >= 0.6 is 0 Å². The predicted molar refractivity (Wildman–Crippen MR) is 83.0 cm³/mol.